The Hall–Kier alpha value is -1.47. The van der Waals surface area contributed by atoms with Crippen LogP contribution in [0, 0.1) is 23.5 Å². The van der Waals surface area contributed by atoms with E-state index in [-0.39, 0.29) is 12.2 Å². The predicted molar refractivity (Wildman–Crippen MR) is 47.4 cm³/mol. The third-order valence-corrected chi connectivity index (χ3v) is 1.53. The lowest BCUT2D eigenvalue weighted by Crippen LogP contribution is -1.91. The van der Waals surface area contributed by atoms with Crippen LogP contribution in [0.3, 0.4) is 0 Å². The zero-order valence-electron chi connectivity index (χ0n) is 7.43. The molecule has 0 aliphatic heterocycles. The fourth-order valence-corrected chi connectivity index (χ4v) is 0.849. The fourth-order valence-electron chi connectivity index (χ4n) is 0.849. The maximum atomic E-state index is 12.9. The van der Waals surface area contributed by atoms with E-state index in [1.807, 2.05) is 0 Å². The Morgan fingerprint density at radius 1 is 1.29 bits per heavy atom. The second kappa shape index (κ2) is 5.30. The topological polar surface area (TPSA) is 33.1 Å². The highest BCUT2D eigenvalue weighted by atomic mass is 19.1. The second-order valence-corrected chi connectivity index (χ2v) is 2.61. The standard InChI is InChI=1S/C10H9F2NO/c11-9-6-13-7-10(12)8(9)4-2-1-3-5-14/h6-7,14H,1,3,5H2. The minimum absolute atomic E-state index is 0.0238. The molecule has 0 saturated heterocycles. The van der Waals surface area contributed by atoms with E-state index in [0.29, 0.717) is 12.8 Å². The number of nitrogens with zero attached hydrogens (tertiary/aromatic N) is 1. The summed E-state index contributed by atoms with van der Waals surface area (Å²) in [5, 5.41) is 8.45. The number of hydrogen-bond donors (Lipinski definition) is 1. The lowest BCUT2D eigenvalue weighted by molar-refractivity contribution is 0.290. The van der Waals surface area contributed by atoms with Gasteiger partial charge in [-0.15, -0.1) is 0 Å². The van der Waals surface area contributed by atoms with Crippen molar-refractivity contribution in [2.24, 2.45) is 0 Å². The summed E-state index contributed by atoms with van der Waals surface area (Å²) >= 11 is 0. The molecular formula is C10H9F2NO. The van der Waals surface area contributed by atoms with Crippen LogP contribution in [0.4, 0.5) is 8.78 Å². The lowest BCUT2D eigenvalue weighted by Gasteiger charge is -1.94. The minimum atomic E-state index is -0.763. The smallest absolute Gasteiger partial charge is 0.160 e. The molecule has 0 saturated carbocycles. The molecule has 1 aromatic rings. The summed E-state index contributed by atoms with van der Waals surface area (Å²) in [4.78, 5) is 3.33. The third kappa shape index (κ3) is 2.79. The molecule has 0 atom stereocenters. The molecule has 0 aliphatic rings. The molecule has 0 fully saturated rings. The van der Waals surface area contributed by atoms with Gasteiger partial charge in [-0.3, -0.25) is 4.98 Å². The van der Waals surface area contributed by atoms with E-state index < -0.39 is 11.6 Å². The summed E-state index contributed by atoms with van der Waals surface area (Å²) in [6.45, 7) is 0.0238. The number of aliphatic hydroxyl groups is 1. The molecule has 0 unspecified atom stereocenters. The molecule has 2 nitrogen and oxygen atoms in total. The van der Waals surface area contributed by atoms with Crippen LogP contribution < -0.4 is 0 Å². The zero-order chi connectivity index (χ0) is 10.4. The molecule has 0 aromatic carbocycles. The van der Waals surface area contributed by atoms with Crippen molar-refractivity contribution in [1.29, 1.82) is 0 Å². The molecule has 1 N–H and O–H groups in total. The van der Waals surface area contributed by atoms with Crippen LogP contribution in [0.25, 0.3) is 0 Å². The van der Waals surface area contributed by atoms with Gasteiger partial charge in [-0.2, -0.15) is 0 Å². The van der Waals surface area contributed by atoms with E-state index in [0.717, 1.165) is 12.4 Å². The molecule has 0 radical (unpaired) electrons. The molecule has 0 spiro atoms. The Kier molecular flexibility index (Phi) is 4.02. The van der Waals surface area contributed by atoms with Crippen molar-refractivity contribution >= 4 is 0 Å². The summed E-state index contributed by atoms with van der Waals surface area (Å²) < 4.78 is 25.8. The SMILES string of the molecule is OCCCC#Cc1c(F)cncc1F. The van der Waals surface area contributed by atoms with Crippen molar-refractivity contribution in [2.75, 3.05) is 6.61 Å². The highest BCUT2D eigenvalue weighted by Crippen LogP contribution is 2.08. The van der Waals surface area contributed by atoms with Crippen LogP contribution in [0.2, 0.25) is 0 Å². The average Bonchev–Trinajstić information content (AvgIpc) is 2.16. The van der Waals surface area contributed by atoms with Gasteiger partial charge in [0.15, 0.2) is 11.6 Å². The van der Waals surface area contributed by atoms with E-state index in [4.69, 9.17) is 5.11 Å². The Morgan fingerprint density at radius 3 is 2.50 bits per heavy atom. The van der Waals surface area contributed by atoms with E-state index >= 15 is 0 Å². The number of unbranched alkanes of at least 4 members (excludes halogenated alkanes) is 1. The Bertz CT molecular complexity index is 348. The average molecular weight is 197 g/mol. The molecule has 1 heterocycles. The fraction of sp³-hybridized carbons (Fsp3) is 0.300. The van der Waals surface area contributed by atoms with Crippen LogP contribution in [0.15, 0.2) is 12.4 Å². The van der Waals surface area contributed by atoms with Crippen LogP contribution in [-0.2, 0) is 0 Å². The van der Waals surface area contributed by atoms with Gasteiger partial charge in [0.1, 0.15) is 0 Å². The number of pyridine rings is 1. The van der Waals surface area contributed by atoms with Gasteiger partial charge in [-0.1, -0.05) is 11.8 Å². The number of aliphatic hydroxyl groups excluding tert-OH is 1. The van der Waals surface area contributed by atoms with Crippen LogP contribution in [0.5, 0.6) is 0 Å². The lowest BCUT2D eigenvalue weighted by atomic mass is 10.2. The monoisotopic (exact) mass is 197 g/mol. The molecule has 1 aromatic heterocycles. The first kappa shape index (κ1) is 10.6. The maximum absolute atomic E-state index is 12.9. The zero-order valence-corrected chi connectivity index (χ0v) is 7.43. The normalized spacial score (nSPS) is 9.36. The number of rotatable bonds is 2. The van der Waals surface area contributed by atoms with Gasteiger partial charge in [-0.05, 0) is 6.42 Å². The van der Waals surface area contributed by atoms with Gasteiger partial charge in [0.05, 0.1) is 18.0 Å². The highest BCUT2D eigenvalue weighted by Gasteiger charge is 2.04. The summed E-state index contributed by atoms with van der Waals surface area (Å²) in [5.74, 6) is 3.41. The summed E-state index contributed by atoms with van der Waals surface area (Å²) in [6.07, 6.45) is 2.75. The Balaban J connectivity index is 2.78. The van der Waals surface area contributed by atoms with Gasteiger partial charge in [-0.25, -0.2) is 8.78 Å². The van der Waals surface area contributed by atoms with Crippen LogP contribution in [0.1, 0.15) is 18.4 Å². The second-order valence-electron chi connectivity index (χ2n) is 2.61. The molecule has 0 bridgehead atoms. The molecule has 0 aliphatic carbocycles. The predicted octanol–water partition coefficient (Wildman–Crippen LogP) is 1.48. The van der Waals surface area contributed by atoms with E-state index in [2.05, 4.69) is 16.8 Å². The Morgan fingerprint density at radius 2 is 1.93 bits per heavy atom. The molecule has 14 heavy (non-hydrogen) atoms. The van der Waals surface area contributed by atoms with Crippen molar-refractivity contribution in [3.63, 3.8) is 0 Å². The van der Waals surface area contributed by atoms with E-state index in [1.54, 1.807) is 0 Å². The highest BCUT2D eigenvalue weighted by molar-refractivity contribution is 5.34. The number of hydrogen-bond acceptors (Lipinski definition) is 2. The first-order chi connectivity index (χ1) is 6.75. The van der Waals surface area contributed by atoms with Gasteiger partial charge < -0.3 is 5.11 Å². The van der Waals surface area contributed by atoms with Crippen molar-refractivity contribution in [3.05, 3.63) is 29.6 Å². The molecule has 0 amide bonds. The van der Waals surface area contributed by atoms with Gasteiger partial charge >= 0.3 is 0 Å². The van der Waals surface area contributed by atoms with Gasteiger partial charge in [0.2, 0.25) is 0 Å². The summed E-state index contributed by atoms with van der Waals surface area (Å²) in [6, 6.07) is 0. The van der Waals surface area contributed by atoms with Crippen molar-refractivity contribution < 1.29 is 13.9 Å². The van der Waals surface area contributed by atoms with Crippen molar-refractivity contribution in [2.45, 2.75) is 12.8 Å². The van der Waals surface area contributed by atoms with Gasteiger partial charge in [0.25, 0.3) is 0 Å². The molecule has 74 valence electrons. The third-order valence-electron chi connectivity index (χ3n) is 1.53. The van der Waals surface area contributed by atoms with Gasteiger partial charge in [0, 0.05) is 13.0 Å². The summed E-state index contributed by atoms with van der Waals surface area (Å²) in [5.41, 5.74) is -0.266. The van der Waals surface area contributed by atoms with Crippen LogP contribution in [-0.4, -0.2) is 16.7 Å². The number of aromatic nitrogens is 1. The van der Waals surface area contributed by atoms with E-state index in [9.17, 15) is 8.78 Å². The molecule has 1 rings (SSSR count). The first-order valence-corrected chi connectivity index (χ1v) is 4.14. The Labute approximate surface area is 80.6 Å². The molecule has 4 heteroatoms. The number of halogens is 2. The summed E-state index contributed by atoms with van der Waals surface area (Å²) in [7, 11) is 0. The van der Waals surface area contributed by atoms with Crippen molar-refractivity contribution in [1.82, 2.24) is 4.98 Å². The largest absolute Gasteiger partial charge is 0.396 e. The van der Waals surface area contributed by atoms with Crippen molar-refractivity contribution in [3.8, 4) is 11.8 Å². The van der Waals surface area contributed by atoms with E-state index in [1.165, 1.54) is 0 Å². The molecular weight excluding hydrogens is 188 g/mol. The maximum Gasteiger partial charge on any atom is 0.160 e. The first-order valence-electron chi connectivity index (χ1n) is 4.14. The minimum Gasteiger partial charge on any atom is -0.396 e. The van der Waals surface area contributed by atoms with Crippen LogP contribution >= 0.6 is 0 Å². The quantitative estimate of drug-likeness (QED) is 0.575.